The first-order chi connectivity index (χ1) is 7.59. The van der Waals surface area contributed by atoms with Gasteiger partial charge in [0.25, 0.3) is 0 Å². The van der Waals surface area contributed by atoms with Crippen molar-refractivity contribution in [2.75, 3.05) is 0 Å². The maximum absolute atomic E-state index is 13.0. The van der Waals surface area contributed by atoms with E-state index in [0.29, 0.717) is 11.3 Å². The Balaban J connectivity index is 2.38. The molecule has 0 amide bonds. The predicted molar refractivity (Wildman–Crippen MR) is 57.5 cm³/mol. The second-order valence-corrected chi connectivity index (χ2v) is 3.90. The van der Waals surface area contributed by atoms with Crippen molar-refractivity contribution in [1.29, 1.82) is 0 Å². The lowest BCUT2D eigenvalue weighted by molar-refractivity contribution is 0.507. The van der Waals surface area contributed by atoms with E-state index in [1.807, 2.05) is 0 Å². The van der Waals surface area contributed by atoms with Crippen LogP contribution in [-0.4, -0.2) is 0 Å². The van der Waals surface area contributed by atoms with Crippen molar-refractivity contribution in [1.82, 2.24) is 0 Å². The first-order valence-electron chi connectivity index (χ1n) is 4.72. The standard InChI is InChI=1S/C12H9ClF2O/c1-7-9(4-5-16-7)12(13)8-2-3-10(14)11(15)6-8/h2-6,12H,1H3. The van der Waals surface area contributed by atoms with E-state index in [1.165, 1.54) is 12.3 Å². The molecule has 0 saturated carbocycles. The molecule has 0 bridgehead atoms. The van der Waals surface area contributed by atoms with E-state index in [-0.39, 0.29) is 0 Å². The smallest absolute Gasteiger partial charge is 0.159 e. The highest BCUT2D eigenvalue weighted by atomic mass is 35.5. The zero-order valence-corrected chi connectivity index (χ0v) is 9.26. The van der Waals surface area contributed by atoms with Crippen LogP contribution in [0.5, 0.6) is 0 Å². The van der Waals surface area contributed by atoms with Gasteiger partial charge in [-0.3, -0.25) is 0 Å². The fourth-order valence-electron chi connectivity index (χ4n) is 1.51. The Morgan fingerprint density at radius 3 is 2.50 bits per heavy atom. The maximum atomic E-state index is 13.0. The molecule has 1 aromatic carbocycles. The van der Waals surface area contributed by atoms with E-state index in [0.717, 1.165) is 17.7 Å². The molecule has 1 atom stereocenters. The molecule has 0 aliphatic carbocycles. The minimum absolute atomic E-state index is 0.505. The molecule has 0 saturated heterocycles. The molecule has 0 spiro atoms. The Bertz CT molecular complexity index is 507. The Kier molecular flexibility index (Phi) is 2.97. The van der Waals surface area contributed by atoms with Gasteiger partial charge in [0.1, 0.15) is 5.76 Å². The Morgan fingerprint density at radius 1 is 1.19 bits per heavy atom. The van der Waals surface area contributed by atoms with Gasteiger partial charge in [0.2, 0.25) is 0 Å². The van der Waals surface area contributed by atoms with Crippen LogP contribution in [0.15, 0.2) is 34.9 Å². The molecule has 1 unspecified atom stereocenters. The quantitative estimate of drug-likeness (QED) is 0.720. The lowest BCUT2D eigenvalue weighted by Gasteiger charge is -2.09. The summed E-state index contributed by atoms with van der Waals surface area (Å²) in [5.74, 6) is -1.11. The summed E-state index contributed by atoms with van der Waals surface area (Å²) in [5, 5.41) is -0.533. The summed E-state index contributed by atoms with van der Waals surface area (Å²) in [6.45, 7) is 1.77. The number of furan rings is 1. The highest BCUT2D eigenvalue weighted by Gasteiger charge is 2.16. The van der Waals surface area contributed by atoms with Crippen LogP contribution in [0.1, 0.15) is 22.3 Å². The summed E-state index contributed by atoms with van der Waals surface area (Å²) in [7, 11) is 0. The van der Waals surface area contributed by atoms with Crippen molar-refractivity contribution >= 4 is 11.6 Å². The van der Waals surface area contributed by atoms with Gasteiger partial charge in [0, 0.05) is 5.56 Å². The van der Waals surface area contributed by atoms with Crippen LogP contribution in [0.2, 0.25) is 0 Å². The largest absolute Gasteiger partial charge is 0.469 e. The SMILES string of the molecule is Cc1occc1C(Cl)c1ccc(F)c(F)c1. The molecule has 0 N–H and O–H groups in total. The fraction of sp³-hybridized carbons (Fsp3) is 0.167. The van der Waals surface area contributed by atoms with Gasteiger partial charge in [-0.15, -0.1) is 11.6 Å². The predicted octanol–water partition coefficient (Wildman–Crippen LogP) is 4.19. The van der Waals surface area contributed by atoms with Gasteiger partial charge in [-0.1, -0.05) is 6.07 Å². The first-order valence-corrected chi connectivity index (χ1v) is 5.16. The summed E-state index contributed by atoms with van der Waals surface area (Å²) in [6, 6.07) is 5.34. The molecule has 16 heavy (non-hydrogen) atoms. The molecular weight excluding hydrogens is 234 g/mol. The number of halogens is 3. The lowest BCUT2D eigenvalue weighted by Crippen LogP contribution is -1.95. The van der Waals surface area contributed by atoms with Crippen LogP contribution in [0.3, 0.4) is 0 Å². The van der Waals surface area contributed by atoms with Crippen LogP contribution in [0.4, 0.5) is 8.78 Å². The molecule has 2 aromatic rings. The molecule has 1 nitrogen and oxygen atoms in total. The van der Waals surface area contributed by atoms with E-state index >= 15 is 0 Å². The number of hydrogen-bond acceptors (Lipinski definition) is 1. The topological polar surface area (TPSA) is 13.1 Å². The summed E-state index contributed by atoms with van der Waals surface area (Å²) < 4.78 is 30.9. The average Bonchev–Trinajstić information content (AvgIpc) is 2.67. The number of aryl methyl sites for hydroxylation is 1. The Labute approximate surface area is 96.6 Å². The molecule has 2 rings (SSSR count). The molecule has 1 heterocycles. The minimum Gasteiger partial charge on any atom is -0.469 e. The van der Waals surface area contributed by atoms with Crippen molar-refractivity contribution < 1.29 is 13.2 Å². The van der Waals surface area contributed by atoms with Crippen LogP contribution in [0, 0.1) is 18.6 Å². The summed E-state index contributed by atoms with van der Waals surface area (Å²) in [6.07, 6.45) is 1.51. The van der Waals surface area contributed by atoms with Crippen molar-refractivity contribution in [3.05, 3.63) is 59.1 Å². The molecule has 0 radical (unpaired) electrons. The van der Waals surface area contributed by atoms with Crippen molar-refractivity contribution in [2.45, 2.75) is 12.3 Å². The van der Waals surface area contributed by atoms with Gasteiger partial charge in [-0.05, 0) is 30.7 Å². The highest BCUT2D eigenvalue weighted by Crippen LogP contribution is 2.32. The van der Waals surface area contributed by atoms with Crippen LogP contribution < -0.4 is 0 Å². The molecule has 4 heteroatoms. The lowest BCUT2D eigenvalue weighted by atomic mass is 10.1. The van der Waals surface area contributed by atoms with Gasteiger partial charge in [0.05, 0.1) is 11.6 Å². The second kappa shape index (κ2) is 4.26. The number of alkyl halides is 1. The van der Waals surface area contributed by atoms with Crippen molar-refractivity contribution in [3.8, 4) is 0 Å². The summed E-state index contributed by atoms with van der Waals surface area (Å²) >= 11 is 6.15. The summed E-state index contributed by atoms with van der Waals surface area (Å²) in [4.78, 5) is 0. The van der Waals surface area contributed by atoms with E-state index in [9.17, 15) is 8.78 Å². The molecule has 0 aliphatic heterocycles. The number of hydrogen-bond donors (Lipinski definition) is 0. The third-order valence-electron chi connectivity index (χ3n) is 2.41. The van der Waals surface area contributed by atoms with E-state index < -0.39 is 17.0 Å². The third-order valence-corrected chi connectivity index (χ3v) is 2.90. The van der Waals surface area contributed by atoms with Crippen LogP contribution >= 0.6 is 11.6 Å². The molecule has 0 fully saturated rings. The molecule has 84 valence electrons. The zero-order valence-electron chi connectivity index (χ0n) is 8.51. The third kappa shape index (κ3) is 1.95. The van der Waals surface area contributed by atoms with Gasteiger partial charge < -0.3 is 4.42 Å². The molecule has 0 aliphatic rings. The maximum Gasteiger partial charge on any atom is 0.159 e. The van der Waals surface area contributed by atoms with Gasteiger partial charge in [0.15, 0.2) is 11.6 Å². The molecular formula is C12H9ClF2O. The van der Waals surface area contributed by atoms with E-state index in [2.05, 4.69) is 0 Å². The van der Waals surface area contributed by atoms with Crippen molar-refractivity contribution in [3.63, 3.8) is 0 Å². The Morgan fingerprint density at radius 2 is 1.94 bits per heavy atom. The summed E-state index contributed by atoms with van der Waals surface area (Å²) in [5.41, 5.74) is 1.26. The minimum atomic E-state index is -0.899. The normalized spacial score (nSPS) is 12.8. The average molecular weight is 243 g/mol. The van der Waals surface area contributed by atoms with Gasteiger partial charge >= 0.3 is 0 Å². The number of rotatable bonds is 2. The van der Waals surface area contributed by atoms with E-state index in [4.69, 9.17) is 16.0 Å². The zero-order chi connectivity index (χ0) is 11.7. The van der Waals surface area contributed by atoms with Crippen LogP contribution in [-0.2, 0) is 0 Å². The number of benzene rings is 1. The first kappa shape index (κ1) is 11.1. The van der Waals surface area contributed by atoms with E-state index in [1.54, 1.807) is 13.0 Å². The van der Waals surface area contributed by atoms with Crippen molar-refractivity contribution in [2.24, 2.45) is 0 Å². The monoisotopic (exact) mass is 242 g/mol. The van der Waals surface area contributed by atoms with Crippen LogP contribution in [0.25, 0.3) is 0 Å². The fourth-order valence-corrected chi connectivity index (χ4v) is 1.87. The van der Waals surface area contributed by atoms with Gasteiger partial charge in [-0.2, -0.15) is 0 Å². The Hall–Kier alpha value is -1.35. The van der Waals surface area contributed by atoms with Gasteiger partial charge in [-0.25, -0.2) is 8.78 Å². The molecule has 1 aromatic heterocycles. The highest BCUT2D eigenvalue weighted by molar-refractivity contribution is 6.22. The second-order valence-electron chi connectivity index (χ2n) is 3.47.